The fraction of sp³-hybridized carbons (Fsp3) is 0.917. The lowest BCUT2D eigenvalue weighted by Crippen LogP contribution is -2.27. The van der Waals surface area contributed by atoms with Crippen molar-refractivity contribution in [2.75, 3.05) is 0 Å². The average molecular weight is 196 g/mol. The van der Waals surface area contributed by atoms with Crippen LogP contribution in [-0.4, -0.2) is 11.9 Å². The Balaban J connectivity index is 2.48. The molecule has 2 nitrogen and oxygen atoms in total. The third-order valence-electron chi connectivity index (χ3n) is 3.30. The van der Waals surface area contributed by atoms with E-state index in [-0.39, 0.29) is 0 Å². The van der Waals surface area contributed by atoms with Crippen molar-refractivity contribution in [1.29, 1.82) is 0 Å². The Morgan fingerprint density at radius 2 is 1.79 bits per heavy atom. The van der Waals surface area contributed by atoms with Crippen LogP contribution in [0.1, 0.15) is 58.8 Å². The van der Waals surface area contributed by atoms with Crippen LogP contribution in [0.15, 0.2) is 4.99 Å². The first kappa shape index (κ1) is 11.5. The van der Waals surface area contributed by atoms with Crippen LogP contribution in [0.25, 0.3) is 0 Å². The fourth-order valence-corrected chi connectivity index (χ4v) is 2.19. The molecule has 0 heterocycles. The van der Waals surface area contributed by atoms with Gasteiger partial charge in [0.05, 0.1) is 11.9 Å². The SMILES string of the molecule is CCC(CC)N=C(N)C1CCCCC1. The van der Waals surface area contributed by atoms with E-state index in [0.717, 1.165) is 18.7 Å². The molecule has 2 heteroatoms. The van der Waals surface area contributed by atoms with Gasteiger partial charge in [-0.2, -0.15) is 0 Å². The zero-order chi connectivity index (χ0) is 10.4. The summed E-state index contributed by atoms with van der Waals surface area (Å²) in [5, 5.41) is 0. The molecule has 0 radical (unpaired) electrons. The Bertz CT molecular complexity index is 177. The number of nitrogens with two attached hydrogens (primary N) is 1. The standard InChI is InChI=1S/C12H24N2/c1-3-11(4-2)14-12(13)10-8-6-5-7-9-10/h10-11H,3-9H2,1-2H3,(H2,13,14). The van der Waals surface area contributed by atoms with Gasteiger partial charge in [0.2, 0.25) is 0 Å². The largest absolute Gasteiger partial charge is 0.387 e. The maximum Gasteiger partial charge on any atom is 0.0971 e. The third-order valence-corrected chi connectivity index (χ3v) is 3.30. The van der Waals surface area contributed by atoms with Crippen molar-refractivity contribution in [3.63, 3.8) is 0 Å². The van der Waals surface area contributed by atoms with Crippen LogP contribution in [0.4, 0.5) is 0 Å². The Hall–Kier alpha value is -0.530. The van der Waals surface area contributed by atoms with E-state index in [0.29, 0.717) is 12.0 Å². The lowest BCUT2D eigenvalue weighted by molar-refractivity contribution is 0.434. The Kier molecular flexibility index (Phi) is 4.99. The second-order valence-corrected chi connectivity index (χ2v) is 4.36. The third kappa shape index (κ3) is 3.32. The molecule has 0 saturated heterocycles. The van der Waals surface area contributed by atoms with Gasteiger partial charge in [-0.1, -0.05) is 33.1 Å². The van der Waals surface area contributed by atoms with Crippen molar-refractivity contribution in [2.45, 2.75) is 64.8 Å². The summed E-state index contributed by atoms with van der Waals surface area (Å²) in [5.74, 6) is 1.52. The molecule has 0 aromatic heterocycles. The molecule has 0 amide bonds. The molecule has 1 aliphatic rings. The van der Waals surface area contributed by atoms with E-state index < -0.39 is 0 Å². The van der Waals surface area contributed by atoms with Crippen molar-refractivity contribution >= 4 is 5.84 Å². The number of aliphatic imine (C=N–C) groups is 1. The van der Waals surface area contributed by atoms with Crippen molar-refractivity contribution in [2.24, 2.45) is 16.6 Å². The summed E-state index contributed by atoms with van der Waals surface area (Å²) < 4.78 is 0. The molecule has 1 fully saturated rings. The quantitative estimate of drug-likeness (QED) is 0.544. The van der Waals surface area contributed by atoms with Crippen LogP contribution in [-0.2, 0) is 0 Å². The molecule has 1 saturated carbocycles. The fourth-order valence-electron chi connectivity index (χ4n) is 2.19. The Labute approximate surface area is 88.0 Å². The highest BCUT2D eigenvalue weighted by Crippen LogP contribution is 2.24. The zero-order valence-electron chi connectivity index (χ0n) is 9.63. The number of hydrogen-bond donors (Lipinski definition) is 1. The summed E-state index contributed by atoms with van der Waals surface area (Å²) in [7, 11) is 0. The molecular weight excluding hydrogens is 172 g/mol. The van der Waals surface area contributed by atoms with Crippen LogP contribution in [0.5, 0.6) is 0 Å². The zero-order valence-corrected chi connectivity index (χ0v) is 9.63. The van der Waals surface area contributed by atoms with Crippen molar-refractivity contribution in [3.05, 3.63) is 0 Å². The van der Waals surface area contributed by atoms with E-state index >= 15 is 0 Å². The van der Waals surface area contributed by atoms with Gasteiger partial charge < -0.3 is 5.73 Å². The summed E-state index contributed by atoms with van der Waals surface area (Å²) in [4.78, 5) is 4.63. The highest BCUT2D eigenvalue weighted by molar-refractivity contribution is 5.83. The summed E-state index contributed by atoms with van der Waals surface area (Å²) in [5.41, 5.74) is 6.05. The van der Waals surface area contributed by atoms with E-state index in [2.05, 4.69) is 18.8 Å². The van der Waals surface area contributed by atoms with Gasteiger partial charge in [-0.15, -0.1) is 0 Å². The molecule has 14 heavy (non-hydrogen) atoms. The molecule has 0 bridgehead atoms. The predicted molar refractivity (Wildman–Crippen MR) is 62.6 cm³/mol. The smallest absolute Gasteiger partial charge is 0.0971 e. The van der Waals surface area contributed by atoms with Gasteiger partial charge in [0.15, 0.2) is 0 Å². The summed E-state index contributed by atoms with van der Waals surface area (Å²) in [6, 6.07) is 0.455. The number of rotatable bonds is 4. The lowest BCUT2D eigenvalue weighted by atomic mass is 9.88. The molecule has 1 aliphatic carbocycles. The van der Waals surface area contributed by atoms with E-state index in [4.69, 9.17) is 5.73 Å². The molecule has 2 N–H and O–H groups in total. The van der Waals surface area contributed by atoms with Gasteiger partial charge in [-0.05, 0) is 25.7 Å². The van der Waals surface area contributed by atoms with Gasteiger partial charge in [0, 0.05) is 5.92 Å². The number of amidine groups is 1. The monoisotopic (exact) mass is 196 g/mol. The minimum absolute atomic E-state index is 0.455. The first-order chi connectivity index (χ1) is 6.77. The van der Waals surface area contributed by atoms with Crippen molar-refractivity contribution < 1.29 is 0 Å². The Morgan fingerprint density at radius 1 is 1.21 bits per heavy atom. The average Bonchev–Trinajstić information content (AvgIpc) is 2.26. The van der Waals surface area contributed by atoms with Crippen LogP contribution >= 0.6 is 0 Å². The highest BCUT2D eigenvalue weighted by atomic mass is 14.9. The van der Waals surface area contributed by atoms with Crippen LogP contribution in [0.3, 0.4) is 0 Å². The highest BCUT2D eigenvalue weighted by Gasteiger charge is 2.17. The van der Waals surface area contributed by atoms with Crippen LogP contribution < -0.4 is 5.73 Å². The van der Waals surface area contributed by atoms with Crippen LogP contribution in [0.2, 0.25) is 0 Å². The maximum absolute atomic E-state index is 6.05. The van der Waals surface area contributed by atoms with Crippen molar-refractivity contribution in [3.8, 4) is 0 Å². The van der Waals surface area contributed by atoms with Crippen molar-refractivity contribution in [1.82, 2.24) is 0 Å². The van der Waals surface area contributed by atoms with E-state index in [9.17, 15) is 0 Å². The summed E-state index contributed by atoms with van der Waals surface area (Å²) in [6.45, 7) is 4.37. The minimum atomic E-state index is 0.455. The number of hydrogen-bond acceptors (Lipinski definition) is 1. The molecular formula is C12H24N2. The lowest BCUT2D eigenvalue weighted by Gasteiger charge is -2.22. The van der Waals surface area contributed by atoms with Gasteiger partial charge in [0.1, 0.15) is 0 Å². The van der Waals surface area contributed by atoms with E-state index in [1.54, 1.807) is 0 Å². The second kappa shape index (κ2) is 6.05. The molecule has 0 aromatic carbocycles. The van der Waals surface area contributed by atoms with E-state index in [1.807, 2.05) is 0 Å². The van der Waals surface area contributed by atoms with Gasteiger partial charge in [-0.25, -0.2) is 0 Å². The normalized spacial score (nSPS) is 20.4. The van der Waals surface area contributed by atoms with Gasteiger partial charge in [0.25, 0.3) is 0 Å². The van der Waals surface area contributed by atoms with E-state index in [1.165, 1.54) is 32.1 Å². The molecule has 0 unspecified atom stereocenters. The molecule has 82 valence electrons. The predicted octanol–water partition coefficient (Wildman–Crippen LogP) is 3.11. The minimum Gasteiger partial charge on any atom is -0.387 e. The molecule has 0 spiro atoms. The molecule has 0 aromatic rings. The van der Waals surface area contributed by atoms with Crippen LogP contribution in [0, 0.1) is 5.92 Å². The molecule has 1 rings (SSSR count). The maximum atomic E-state index is 6.05. The first-order valence-corrected chi connectivity index (χ1v) is 6.11. The first-order valence-electron chi connectivity index (χ1n) is 6.11. The molecule has 0 atom stereocenters. The topological polar surface area (TPSA) is 38.4 Å². The molecule has 0 aliphatic heterocycles. The Morgan fingerprint density at radius 3 is 2.29 bits per heavy atom. The second-order valence-electron chi connectivity index (χ2n) is 4.36. The summed E-state index contributed by atoms with van der Waals surface area (Å²) in [6.07, 6.45) is 8.81. The van der Waals surface area contributed by atoms with Gasteiger partial charge >= 0.3 is 0 Å². The number of nitrogens with zero attached hydrogens (tertiary/aromatic N) is 1. The summed E-state index contributed by atoms with van der Waals surface area (Å²) >= 11 is 0. The van der Waals surface area contributed by atoms with Gasteiger partial charge in [-0.3, -0.25) is 4.99 Å².